The van der Waals surface area contributed by atoms with Crippen LogP contribution in [0.15, 0.2) is 0 Å². The molecule has 4 heteroatoms. The fourth-order valence-electron chi connectivity index (χ4n) is 0.692. The molecule has 0 spiro atoms. The summed E-state index contributed by atoms with van der Waals surface area (Å²) in [6.07, 6.45) is 10.4. The molecule has 0 rings (SSSR count). The van der Waals surface area contributed by atoms with Crippen molar-refractivity contribution in [3.8, 4) is 24.7 Å². The van der Waals surface area contributed by atoms with Gasteiger partial charge in [-0.25, -0.2) is 0 Å². The Hall–Kier alpha value is -0.730. The van der Waals surface area contributed by atoms with Gasteiger partial charge in [-0.15, -0.1) is 12.8 Å². The molecule has 0 heterocycles. The Morgan fingerprint density at radius 3 is 2.36 bits per heavy atom. The third-order valence-corrected chi connectivity index (χ3v) is 3.48. The molecule has 0 aromatic rings. The zero-order valence-corrected chi connectivity index (χ0v) is 9.64. The SMILES string of the molecule is C#CCOP(=O)(CC)OC(C)(C)C#C. The summed E-state index contributed by atoms with van der Waals surface area (Å²) in [7, 11) is -3.14. The molecule has 0 N–H and O–H groups in total. The molecule has 14 heavy (non-hydrogen) atoms. The smallest absolute Gasteiger partial charge is 0.295 e. The van der Waals surface area contributed by atoms with Crippen molar-refractivity contribution >= 4 is 7.60 Å². The average molecular weight is 214 g/mol. The van der Waals surface area contributed by atoms with E-state index < -0.39 is 13.2 Å². The quantitative estimate of drug-likeness (QED) is 0.520. The lowest BCUT2D eigenvalue weighted by Gasteiger charge is -2.24. The Morgan fingerprint density at radius 2 is 2.00 bits per heavy atom. The molecule has 0 aliphatic heterocycles. The Bertz CT molecular complexity index is 306. The van der Waals surface area contributed by atoms with Crippen LogP contribution >= 0.6 is 7.60 Å². The van der Waals surface area contributed by atoms with Gasteiger partial charge in [0, 0.05) is 6.16 Å². The van der Waals surface area contributed by atoms with Crippen LogP contribution in [0.4, 0.5) is 0 Å². The van der Waals surface area contributed by atoms with Crippen molar-refractivity contribution in [1.82, 2.24) is 0 Å². The molecule has 78 valence electrons. The summed E-state index contributed by atoms with van der Waals surface area (Å²) in [5, 5.41) is 0. The molecule has 0 saturated carbocycles. The molecule has 3 nitrogen and oxygen atoms in total. The lowest BCUT2D eigenvalue weighted by atomic mass is 10.2. The van der Waals surface area contributed by atoms with E-state index in [1.807, 2.05) is 0 Å². The van der Waals surface area contributed by atoms with Crippen molar-refractivity contribution in [3.63, 3.8) is 0 Å². The Morgan fingerprint density at radius 1 is 1.43 bits per heavy atom. The summed E-state index contributed by atoms with van der Waals surface area (Å²) in [5.74, 6) is 4.62. The predicted octanol–water partition coefficient (Wildman–Crippen LogP) is 2.28. The first-order valence-corrected chi connectivity index (χ1v) is 5.97. The second-order valence-electron chi connectivity index (χ2n) is 3.15. The summed E-state index contributed by atoms with van der Waals surface area (Å²) in [5.41, 5.74) is -0.903. The van der Waals surface area contributed by atoms with Gasteiger partial charge in [0.05, 0.1) is 0 Å². The van der Waals surface area contributed by atoms with Crippen molar-refractivity contribution in [2.45, 2.75) is 26.4 Å². The highest BCUT2D eigenvalue weighted by molar-refractivity contribution is 7.53. The lowest BCUT2D eigenvalue weighted by Crippen LogP contribution is -2.21. The van der Waals surface area contributed by atoms with Gasteiger partial charge in [0.2, 0.25) is 0 Å². The summed E-state index contributed by atoms with van der Waals surface area (Å²) >= 11 is 0. The van der Waals surface area contributed by atoms with E-state index in [2.05, 4.69) is 11.8 Å². The predicted molar refractivity (Wildman–Crippen MR) is 56.9 cm³/mol. The van der Waals surface area contributed by atoms with Gasteiger partial charge >= 0.3 is 7.60 Å². The zero-order chi connectivity index (χ0) is 11.2. The van der Waals surface area contributed by atoms with E-state index in [4.69, 9.17) is 21.9 Å². The maximum absolute atomic E-state index is 11.9. The summed E-state index contributed by atoms with van der Waals surface area (Å²) in [4.78, 5) is 0. The normalized spacial score (nSPS) is 15.2. The first kappa shape index (κ1) is 13.3. The van der Waals surface area contributed by atoms with Gasteiger partial charge in [-0.3, -0.25) is 13.6 Å². The molecule has 0 radical (unpaired) electrons. The molecule has 1 unspecified atom stereocenters. The van der Waals surface area contributed by atoms with E-state index in [0.717, 1.165) is 0 Å². The second kappa shape index (κ2) is 5.23. The molecule has 0 aliphatic carbocycles. The van der Waals surface area contributed by atoms with Gasteiger partial charge in [-0.1, -0.05) is 18.8 Å². The molecular weight excluding hydrogens is 199 g/mol. The fourth-order valence-corrected chi connectivity index (χ4v) is 2.08. The van der Waals surface area contributed by atoms with E-state index >= 15 is 0 Å². The standard InChI is InChI=1S/C10H15O3P/c1-6-9-12-14(11,8-3)13-10(4,5)7-2/h1-2H,8-9H2,3-5H3. The van der Waals surface area contributed by atoms with Crippen LogP contribution in [0.25, 0.3) is 0 Å². The minimum Gasteiger partial charge on any atom is -0.295 e. The summed E-state index contributed by atoms with van der Waals surface area (Å²) in [6, 6.07) is 0. The van der Waals surface area contributed by atoms with Crippen LogP contribution in [-0.2, 0) is 13.6 Å². The molecule has 0 aromatic carbocycles. The van der Waals surface area contributed by atoms with Crippen molar-refractivity contribution in [3.05, 3.63) is 0 Å². The largest absolute Gasteiger partial charge is 0.332 e. The first-order chi connectivity index (χ1) is 6.39. The third kappa shape index (κ3) is 4.49. The van der Waals surface area contributed by atoms with Gasteiger partial charge in [0.15, 0.2) is 0 Å². The van der Waals surface area contributed by atoms with Gasteiger partial charge in [0.25, 0.3) is 0 Å². The average Bonchev–Trinajstić information content (AvgIpc) is 2.14. The molecular formula is C10H15O3P. The van der Waals surface area contributed by atoms with Crippen molar-refractivity contribution in [2.75, 3.05) is 12.8 Å². The minimum absolute atomic E-state index is 0.0359. The lowest BCUT2D eigenvalue weighted by molar-refractivity contribution is 0.132. The maximum Gasteiger partial charge on any atom is 0.332 e. The molecule has 0 aliphatic rings. The Labute approximate surface area is 85.7 Å². The zero-order valence-electron chi connectivity index (χ0n) is 8.74. The van der Waals surface area contributed by atoms with Crippen LogP contribution in [0.3, 0.4) is 0 Å². The highest BCUT2D eigenvalue weighted by Crippen LogP contribution is 2.50. The van der Waals surface area contributed by atoms with Gasteiger partial charge in [-0.2, -0.15) is 0 Å². The van der Waals surface area contributed by atoms with Crippen LogP contribution in [-0.4, -0.2) is 18.4 Å². The van der Waals surface area contributed by atoms with Crippen LogP contribution in [0.5, 0.6) is 0 Å². The maximum atomic E-state index is 11.9. The van der Waals surface area contributed by atoms with E-state index in [-0.39, 0.29) is 12.8 Å². The Kier molecular flexibility index (Phi) is 4.95. The minimum atomic E-state index is -3.14. The number of hydrogen-bond acceptors (Lipinski definition) is 3. The highest BCUT2D eigenvalue weighted by atomic mass is 31.2. The van der Waals surface area contributed by atoms with Crippen LogP contribution < -0.4 is 0 Å². The molecule has 0 saturated heterocycles. The van der Waals surface area contributed by atoms with E-state index in [0.29, 0.717) is 0 Å². The second-order valence-corrected chi connectivity index (χ2v) is 5.45. The van der Waals surface area contributed by atoms with Crippen molar-refractivity contribution in [2.24, 2.45) is 0 Å². The topological polar surface area (TPSA) is 35.5 Å². The van der Waals surface area contributed by atoms with Crippen molar-refractivity contribution in [1.29, 1.82) is 0 Å². The van der Waals surface area contributed by atoms with Gasteiger partial charge in [-0.05, 0) is 13.8 Å². The van der Waals surface area contributed by atoms with Crippen LogP contribution in [0.2, 0.25) is 0 Å². The van der Waals surface area contributed by atoms with E-state index in [1.165, 1.54) is 0 Å². The molecule has 0 amide bonds. The van der Waals surface area contributed by atoms with Crippen molar-refractivity contribution < 1.29 is 13.6 Å². The summed E-state index contributed by atoms with van der Waals surface area (Å²) < 4.78 is 22.1. The Balaban J connectivity index is 4.51. The fraction of sp³-hybridized carbons (Fsp3) is 0.600. The monoisotopic (exact) mass is 214 g/mol. The highest BCUT2D eigenvalue weighted by Gasteiger charge is 2.30. The molecule has 1 atom stereocenters. The summed E-state index contributed by atoms with van der Waals surface area (Å²) in [6.45, 7) is 4.96. The van der Waals surface area contributed by atoms with Gasteiger partial charge < -0.3 is 0 Å². The molecule has 0 bridgehead atoms. The number of rotatable bonds is 5. The molecule has 0 aromatic heterocycles. The first-order valence-electron chi connectivity index (χ1n) is 4.24. The molecule has 0 fully saturated rings. The third-order valence-electron chi connectivity index (χ3n) is 1.45. The van der Waals surface area contributed by atoms with E-state index in [9.17, 15) is 4.57 Å². The van der Waals surface area contributed by atoms with Crippen LogP contribution in [0.1, 0.15) is 20.8 Å². The number of terminal acetylenes is 2. The van der Waals surface area contributed by atoms with Gasteiger partial charge in [0.1, 0.15) is 12.2 Å². The van der Waals surface area contributed by atoms with E-state index in [1.54, 1.807) is 20.8 Å². The number of hydrogen-bond donors (Lipinski definition) is 0. The van der Waals surface area contributed by atoms with Crippen LogP contribution in [0, 0.1) is 24.7 Å².